The lowest BCUT2D eigenvalue weighted by atomic mass is 10.2. The molecule has 0 saturated carbocycles. The van der Waals surface area contributed by atoms with Crippen molar-refractivity contribution in [2.24, 2.45) is 10.1 Å². The Bertz CT molecular complexity index is 1060. The highest BCUT2D eigenvalue weighted by atomic mass is 32.1. The Morgan fingerprint density at radius 2 is 1.70 bits per heavy atom. The van der Waals surface area contributed by atoms with Crippen molar-refractivity contribution < 1.29 is 0 Å². The van der Waals surface area contributed by atoms with Crippen LogP contribution in [0.5, 0.6) is 0 Å². The molecular weight excluding hydrogens is 352 g/mol. The molecule has 0 amide bonds. The van der Waals surface area contributed by atoms with Gasteiger partial charge in [-0.25, -0.2) is 4.68 Å². The minimum absolute atomic E-state index is 0.733. The van der Waals surface area contributed by atoms with Gasteiger partial charge in [-0.15, -0.1) is 11.3 Å². The summed E-state index contributed by atoms with van der Waals surface area (Å²) in [6, 6.07) is 24.7. The largest absolute Gasteiger partial charge is 0.360 e. The molecule has 4 rings (SSSR count). The zero-order valence-corrected chi connectivity index (χ0v) is 15.6. The molecule has 1 N–H and O–H groups in total. The summed E-state index contributed by atoms with van der Waals surface area (Å²) in [5, 5.41) is 6.80. The third-order valence-electron chi connectivity index (χ3n) is 4.18. The Kier molecular flexibility index (Phi) is 5.41. The molecule has 4 nitrogen and oxygen atoms in total. The topological polar surface area (TPSA) is 45.4 Å². The quantitative estimate of drug-likeness (QED) is 0.482. The second-order valence-corrected chi connectivity index (χ2v) is 6.91. The molecule has 4 aromatic rings. The lowest BCUT2D eigenvalue weighted by Crippen LogP contribution is -2.13. The number of rotatable bonds is 6. The van der Waals surface area contributed by atoms with E-state index in [1.165, 1.54) is 5.56 Å². The first-order valence-corrected chi connectivity index (χ1v) is 9.76. The van der Waals surface area contributed by atoms with Crippen LogP contribution in [0.25, 0.3) is 11.3 Å². The van der Waals surface area contributed by atoms with Gasteiger partial charge in [-0.2, -0.15) is 5.10 Å². The standard InChI is InChI=1S/C22H20N4S/c1-3-8-18(9-4-1)13-15-24-22-26(25-16-20-12-7-14-23-20)21(17-27-22)19-10-5-2-6-11-19/h1-12,14,16-17,23H,13,15H2. The summed E-state index contributed by atoms with van der Waals surface area (Å²) in [7, 11) is 0. The maximum absolute atomic E-state index is 4.81. The fraction of sp³-hybridized carbons (Fsp3) is 0.0909. The van der Waals surface area contributed by atoms with Crippen molar-refractivity contribution in [1.29, 1.82) is 0 Å². The Balaban J connectivity index is 1.66. The average molecular weight is 372 g/mol. The second kappa shape index (κ2) is 8.47. The maximum Gasteiger partial charge on any atom is 0.206 e. The first kappa shape index (κ1) is 17.2. The van der Waals surface area contributed by atoms with E-state index in [0.717, 1.165) is 34.7 Å². The first-order valence-electron chi connectivity index (χ1n) is 8.88. The smallest absolute Gasteiger partial charge is 0.206 e. The monoisotopic (exact) mass is 372 g/mol. The van der Waals surface area contributed by atoms with Crippen molar-refractivity contribution in [3.05, 3.63) is 100 Å². The number of H-pyrrole nitrogens is 1. The summed E-state index contributed by atoms with van der Waals surface area (Å²) in [4.78, 5) is 8.85. The number of aromatic nitrogens is 2. The summed E-state index contributed by atoms with van der Waals surface area (Å²) in [6.07, 6.45) is 4.64. The summed E-state index contributed by atoms with van der Waals surface area (Å²) in [6.45, 7) is 0.733. The summed E-state index contributed by atoms with van der Waals surface area (Å²) in [5.41, 5.74) is 4.43. The molecule has 134 valence electrons. The molecule has 27 heavy (non-hydrogen) atoms. The predicted molar refractivity (Wildman–Crippen MR) is 112 cm³/mol. The molecule has 0 aliphatic heterocycles. The molecule has 0 spiro atoms. The van der Waals surface area contributed by atoms with E-state index in [-0.39, 0.29) is 0 Å². The highest BCUT2D eigenvalue weighted by Gasteiger charge is 2.07. The van der Waals surface area contributed by atoms with E-state index < -0.39 is 0 Å². The van der Waals surface area contributed by atoms with Gasteiger partial charge in [-0.3, -0.25) is 4.99 Å². The third-order valence-corrected chi connectivity index (χ3v) is 5.03. The van der Waals surface area contributed by atoms with E-state index >= 15 is 0 Å². The Morgan fingerprint density at radius 3 is 2.44 bits per heavy atom. The average Bonchev–Trinajstić information content (AvgIpc) is 3.38. The molecule has 2 heterocycles. The number of nitrogens with zero attached hydrogens (tertiary/aromatic N) is 3. The normalized spacial score (nSPS) is 12.1. The van der Waals surface area contributed by atoms with Crippen molar-refractivity contribution in [2.75, 3.05) is 6.54 Å². The van der Waals surface area contributed by atoms with E-state index in [2.05, 4.69) is 51.9 Å². The predicted octanol–water partition coefficient (Wildman–Crippen LogP) is 4.57. The van der Waals surface area contributed by atoms with Crippen LogP contribution < -0.4 is 4.80 Å². The van der Waals surface area contributed by atoms with Crippen LogP contribution in [0, 0.1) is 0 Å². The van der Waals surface area contributed by atoms with Gasteiger partial charge in [0.05, 0.1) is 17.6 Å². The number of benzene rings is 2. The van der Waals surface area contributed by atoms with Crippen molar-refractivity contribution in [1.82, 2.24) is 9.66 Å². The van der Waals surface area contributed by atoms with Crippen LogP contribution in [0.4, 0.5) is 0 Å². The van der Waals surface area contributed by atoms with Crippen molar-refractivity contribution in [3.8, 4) is 11.3 Å². The highest BCUT2D eigenvalue weighted by Crippen LogP contribution is 2.19. The van der Waals surface area contributed by atoms with Crippen LogP contribution in [-0.2, 0) is 6.42 Å². The molecule has 0 bridgehead atoms. The molecular formula is C22H20N4S. The minimum Gasteiger partial charge on any atom is -0.360 e. The fourth-order valence-corrected chi connectivity index (χ4v) is 3.66. The minimum atomic E-state index is 0.733. The van der Waals surface area contributed by atoms with Gasteiger partial charge < -0.3 is 4.98 Å². The fourth-order valence-electron chi connectivity index (χ4n) is 2.80. The van der Waals surface area contributed by atoms with Crippen molar-refractivity contribution in [2.45, 2.75) is 6.42 Å². The van der Waals surface area contributed by atoms with Crippen LogP contribution in [0.2, 0.25) is 0 Å². The SMILES string of the molecule is C(=Nn1c(-c2ccccc2)csc1=NCCc1ccccc1)c1ccc[nH]1. The Morgan fingerprint density at radius 1 is 0.926 bits per heavy atom. The van der Waals surface area contributed by atoms with Crippen molar-refractivity contribution >= 4 is 17.6 Å². The molecule has 0 aliphatic carbocycles. The van der Waals surface area contributed by atoms with E-state index in [1.807, 2.05) is 53.5 Å². The number of hydrogen-bond donors (Lipinski definition) is 1. The van der Waals surface area contributed by atoms with Gasteiger partial charge in [0.1, 0.15) is 0 Å². The van der Waals surface area contributed by atoms with Crippen molar-refractivity contribution in [3.63, 3.8) is 0 Å². The molecule has 0 aliphatic rings. The molecule has 0 unspecified atom stereocenters. The lowest BCUT2D eigenvalue weighted by Gasteiger charge is -2.03. The third kappa shape index (κ3) is 4.33. The van der Waals surface area contributed by atoms with Gasteiger partial charge >= 0.3 is 0 Å². The zero-order chi connectivity index (χ0) is 18.3. The summed E-state index contributed by atoms with van der Waals surface area (Å²) >= 11 is 1.62. The van der Waals surface area contributed by atoms with Gasteiger partial charge in [-0.1, -0.05) is 60.7 Å². The number of aromatic amines is 1. The van der Waals surface area contributed by atoms with Crippen LogP contribution in [0.15, 0.2) is 94.5 Å². The molecule has 2 aromatic carbocycles. The number of hydrogen-bond acceptors (Lipinski definition) is 3. The highest BCUT2D eigenvalue weighted by molar-refractivity contribution is 7.07. The van der Waals surface area contributed by atoms with Gasteiger partial charge in [0.2, 0.25) is 4.80 Å². The van der Waals surface area contributed by atoms with E-state index in [4.69, 9.17) is 4.99 Å². The van der Waals surface area contributed by atoms with Crippen LogP contribution in [-0.4, -0.2) is 22.4 Å². The first-order chi connectivity index (χ1) is 13.4. The van der Waals surface area contributed by atoms with Crippen LogP contribution in [0.1, 0.15) is 11.3 Å². The molecule has 0 radical (unpaired) electrons. The van der Waals surface area contributed by atoms with E-state index in [1.54, 1.807) is 11.3 Å². The van der Waals surface area contributed by atoms with Gasteiger partial charge in [-0.05, 0) is 24.1 Å². The van der Waals surface area contributed by atoms with Gasteiger partial charge in [0.15, 0.2) is 0 Å². The Labute approximate surface area is 162 Å². The second-order valence-electron chi connectivity index (χ2n) is 6.07. The van der Waals surface area contributed by atoms with Crippen LogP contribution in [0.3, 0.4) is 0 Å². The number of thiazole rings is 1. The molecule has 2 aromatic heterocycles. The Hall–Kier alpha value is -3.18. The van der Waals surface area contributed by atoms with Crippen LogP contribution >= 0.6 is 11.3 Å². The molecule has 0 saturated heterocycles. The molecule has 5 heteroatoms. The van der Waals surface area contributed by atoms with Gasteiger partial charge in [0.25, 0.3) is 0 Å². The van der Waals surface area contributed by atoms with Gasteiger partial charge in [0, 0.05) is 23.7 Å². The molecule has 0 atom stereocenters. The molecule has 0 fully saturated rings. The van der Waals surface area contributed by atoms with E-state index in [0.29, 0.717) is 0 Å². The lowest BCUT2D eigenvalue weighted by molar-refractivity contribution is 0.816. The summed E-state index contributed by atoms with van der Waals surface area (Å²) in [5.74, 6) is 0. The maximum atomic E-state index is 4.81. The number of nitrogens with one attached hydrogen (secondary N) is 1. The van der Waals surface area contributed by atoms with E-state index in [9.17, 15) is 0 Å². The summed E-state index contributed by atoms with van der Waals surface area (Å²) < 4.78 is 1.92. The zero-order valence-electron chi connectivity index (χ0n) is 14.8.